The molecule has 5 nitrogen and oxygen atoms in total. The van der Waals surface area contributed by atoms with Crippen LogP contribution >= 0.6 is 11.6 Å². The average Bonchev–Trinajstić information content (AvgIpc) is 2.40. The normalized spacial score (nSPS) is 10.2. The SMILES string of the molecule is CCNc1nc2cc(Cl)c(C#N)cc2nc1NCC. The zero-order valence-corrected chi connectivity index (χ0v) is 11.5. The topological polar surface area (TPSA) is 73.6 Å². The number of benzene rings is 1. The average molecular weight is 276 g/mol. The highest BCUT2D eigenvalue weighted by Gasteiger charge is 2.10. The van der Waals surface area contributed by atoms with Crippen molar-refractivity contribution in [1.82, 2.24) is 9.97 Å². The Balaban J connectivity index is 2.63. The highest BCUT2D eigenvalue weighted by molar-refractivity contribution is 6.32. The van der Waals surface area contributed by atoms with Crippen LogP contribution in [-0.2, 0) is 0 Å². The Bertz CT molecular complexity index is 648. The molecule has 19 heavy (non-hydrogen) atoms. The van der Waals surface area contributed by atoms with Crippen LogP contribution in [0.4, 0.5) is 11.6 Å². The Morgan fingerprint density at radius 2 is 1.63 bits per heavy atom. The second-order valence-corrected chi connectivity index (χ2v) is 4.32. The molecule has 6 heteroatoms. The van der Waals surface area contributed by atoms with Gasteiger partial charge in [0.2, 0.25) is 0 Å². The summed E-state index contributed by atoms with van der Waals surface area (Å²) in [6.07, 6.45) is 0. The van der Waals surface area contributed by atoms with Gasteiger partial charge < -0.3 is 10.6 Å². The van der Waals surface area contributed by atoms with Gasteiger partial charge in [0.25, 0.3) is 0 Å². The Kier molecular flexibility index (Phi) is 4.03. The van der Waals surface area contributed by atoms with Crippen molar-refractivity contribution in [1.29, 1.82) is 5.26 Å². The monoisotopic (exact) mass is 275 g/mol. The van der Waals surface area contributed by atoms with Crippen LogP contribution in [0, 0.1) is 11.3 Å². The number of fused-ring (bicyclic) bond motifs is 1. The van der Waals surface area contributed by atoms with Crippen LogP contribution < -0.4 is 10.6 Å². The Morgan fingerprint density at radius 1 is 1.11 bits per heavy atom. The molecule has 0 unspecified atom stereocenters. The summed E-state index contributed by atoms with van der Waals surface area (Å²) in [5.74, 6) is 1.38. The molecule has 98 valence electrons. The van der Waals surface area contributed by atoms with E-state index in [0.717, 1.165) is 13.1 Å². The molecule has 1 aromatic heterocycles. The minimum atomic E-state index is 0.392. The number of halogens is 1. The van der Waals surface area contributed by atoms with E-state index in [1.165, 1.54) is 0 Å². The van der Waals surface area contributed by atoms with Crippen molar-refractivity contribution in [3.63, 3.8) is 0 Å². The first-order valence-corrected chi connectivity index (χ1v) is 6.46. The van der Waals surface area contributed by atoms with E-state index in [9.17, 15) is 0 Å². The molecular weight excluding hydrogens is 262 g/mol. The van der Waals surface area contributed by atoms with Crippen molar-refractivity contribution in [3.8, 4) is 6.07 Å². The maximum Gasteiger partial charge on any atom is 0.169 e. The third-order valence-electron chi connectivity index (χ3n) is 2.56. The molecule has 0 fully saturated rings. The Morgan fingerprint density at radius 3 is 2.11 bits per heavy atom. The van der Waals surface area contributed by atoms with Gasteiger partial charge in [0.05, 0.1) is 21.6 Å². The summed E-state index contributed by atoms with van der Waals surface area (Å²) >= 11 is 6.01. The van der Waals surface area contributed by atoms with E-state index in [4.69, 9.17) is 16.9 Å². The molecule has 0 saturated heterocycles. The lowest BCUT2D eigenvalue weighted by atomic mass is 10.2. The van der Waals surface area contributed by atoms with Crippen LogP contribution in [0.2, 0.25) is 5.02 Å². The molecule has 0 aliphatic rings. The smallest absolute Gasteiger partial charge is 0.169 e. The predicted molar refractivity (Wildman–Crippen MR) is 77.6 cm³/mol. The largest absolute Gasteiger partial charge is 0.367 e. The van der Waals surface area contributed by atoms with Gasteiger partial charge in [-0.15, -0.1) is 0 Å². The summed E-state index contributed by atoms with van der Waals surface area (Å²) in [7, 11) is 0. The first-order chi connectivity index (χ1) is 9.19. The van der Waals surface area contributed by atoms with E-state index in [1.54, 1.807) is 12.1 Å². The van der Waals surface area contributed by atoms with Gasteiger partial charge >= 0.3 is 0 Å². The minimum absolute atomic E-state index is 0.392. The van der Waals surface area contributed by atoms with Gasteiger partial charge in [-0.1, -0.05) is 11.6 Å². The van der Waals surface area contributed by atoms with Crippen molar-refractivity contribution in [2.75, 3.05) is 23.7 Å². The number of nitriles is 1. The molecule has 2 aromatic rings. The number of hydrogen-bond acceptors (Lipinski definition) is 5. The minimum Gasteiger partial charge on any atom is -0.367 e. The van der Waals surface area contributed by atoms with Crippen molar-refractivity contribution < 1.29 is 0 Å². The van der Waals surface area contributed by atoms with Crippen molar-refractivity contribution in [3.05, 3.63) is 22.7 Å². The summed E-state index contributed by atoms with van der Waals surface area (Å²) in [6, 6.07) is 5.36. The molecule has 0 spiro atoms. The zero-order valence-electron chi connectivity index (χ0n) is 10.8. The van der Waals surface area contributed by atoms with Crippen LogP contribution in [0.3, 0.4) is 0 Å². The lowest BCUT2D eigenvalue weighted by molar-refractivity contribution is 1.12. The highest BCUT2D eigenvalue weighted by atomic mass is 35.5. The van der Waals surface area contributed by atoms with Gasteiger partial charge in [0.1, 0.15) is 6.07 Å². The molecule has 0 radical (unpaired) electrons. The quantitative estimate of drug-likeness (QED) is 0.897. The van der Waals surface area contributed by atoms with Gasteiger partial charge in [-0.05, 0) is 26.0 Å². The van der Waals surface area contributed by atoms with Crippen LogP contribution in [0.15, 0.2) is 12.1 Å². The maximum absolute atomic E-state index is 8.98. The Labute approximate surface area is 116 Å². The molecule has 0 aliphatic heterocycles. The summed E-state index contributed by atoms with van der Waals surface area (Å²) in [5, 5.41) is 15.7. The molecule has 0 bridgehead atoms. The molecular formula is C13H14ClN5. The van der Waals surface area contributed by atoms with Crippen LogP contribution in [0.25, 0.3) is 11.0 Å². The standard InChI is InChI=1S/C13H14ClN5/c1-3-16-12-13(17-4-2)19-11-6-9(14)8(7-15)5-10(11)18-12/h5-6H,3-4H2,1-2H3,(H,16,18)(H,17,19). The second-order valence-electron chi connectivity index (χ2n) is 3.91. The summed E-state index contributed by atoms with van der Waals surface area (Å²) in [6.45, 7) is 5.48. The lowest BCUT2D eigenvalue weighted by Gasteiger charge is -2.11. The Hall–Kier alpha value is -2.06. The van der Waals surface area contributed by atoms with E-state index in [2.05, 4.69) is 20.6 Å². The van der Waals surface area contributed by atoms with Crippen LogP contribution in [-0.4, -0.2) is 23.1 Å². The molecule has 0 saturated carbocycles. The number of rotatable bonds is 4. The molecule has 1 aromatic carbocycles. The van der Waals surface area contributed by atoms with Crippen molar-refractivity contribution >= 4 is 34.3 Å². The first-order valence-electron chi connectivity index (χ1n) is 6.08. The van der Waals surface area contributed by atoms with Gasteiger partial charge in [-0.2, -0.15) is 5.26 Å². The second kappa shape index (κ2) is 5.72. The number of nitrogens with zero attached hydrogens (tertiary/aromatic N) is 3. The fourth-order valence-electron chi connectivity index (χ4n) is 1.74. The van der Waals surface area contributed by atoms with Gasteiger partial charge in [-0.25, -0.2) is 9.97 Å². The highest BCUT2D eigenvalue weighted by Crippen LogP contribution is 2.25. The third kappa shape index (κ3) is 2.69. The van der Waals surface area contributed by atoms with E-state index in [0.29, 0.717) is 33.3 Å². The number of nitrogens with one attached hydrogen (secondary N) is 2. The molecule has 2 rings (SSSR count). The van der Waals surface area contributed by atoms with Crippen molar-refractivity contribution in [2.45, 2.75) is 13.8 Å². The van der Waals surface area contributed by atoms with E-state index < -0.39 is 0 Å². The van der Waals surface area contributed by atoms with E-state index >= 15 is 0 Å². The summed E-state index contributed by atoms with van der Waals surface area (Å²) in [5.41, 5.74) is 1.72. The fraction of sp³-hybridized carbons (Fsp3) is 0.308. The van der Waals surface area contributed by atoms with Gasteiger partial charge in [0, 0.05) is 13.1 Å². The number of aromatic nitrogens is 2. The molecule has 1 heterocycles. The number of hydrogen-bond donors (Lipinski definition) is 2. The maximum atomic E-state index is 8.98. The van der Waals surface area contributed by atoms with Gasteiger partial charge in [-0.3, -0.25) is 0 Å². The van der Waals surface area contributed by atoms with E-state index in [1.807, 2.05) is 19.9 Å². The third-order valence-corrected chi connectivity index (χ3v) is 2.87. The summed E-state index contributed by atoms with van der Waals surface area (Å²) in [4.78, 5) is 8.98. The van der Waals surface area contributed by atoms with Crippen molar-refractivity contribution in [2.24, 2.45) is 0 Å². The fourth-order valence-corrected chi connectivity index (χ4v) is 1.94. The molecule has 0 atom stereocenters. The molecule has 2 N–H and O–H groups in total. The molecule has 0 aliphatic carbocycles. The summed E-state index contributed by atoms with van der Waals surface area (Å²) < 4.78 is 0. The lowest BCUT2D eigenvalue weighted by Crippen LogP contribution is -2.08. The first kappa shape index (κ1) is 13.4. The van der Waals surface area contributed by atoms with Crippen LogP contribution in [0.5, 0.6) is 0 Å². The zero-order chi connectivity index (χ0) is 13.8. The van der Waals surface area contributed by atoms with Crippen LogP contribution in [0.1, 0.15) is 19.4 Å². The van der Waals surface area contributed by atoms with Gasteiger partial charge in [0.15, 0.2) is 11.6 Å². The van der Waals surface area contributed by atoms with E-state index in [-0.39, 0.29) is 0 Å². The molecule has 0 amide bonds. The number of anilines is 2. The predicted octanol–water partition coefficient (Wildman–Crippen LogP) is 3.02.